The van der Waals surface area contributed by atoms with Crippen LogP contribution in [0.5, 0.6) is 0 Å². The molecule has 0 aliphatic carbocycles. The lowest BCUT2D eigenvalue weighted by atomic mass is 10.2. The van der Waals surface area contributed by atoms with E-state index in [1.807, 2.05) is 0 Å². The van der Waals surface area contributed by atoms with Crippen molar-refractivity contribution in [2.24, 2.45) is 0 Å². The molecule has 0 bridgehead atoms. The number of aromatic nitrogens is 4. The Kier molecular flexibility index (Phi) is 2.79. The first-order valence-electron chi connectivity index (χ1n) is 5.75. The van der Waals surface area contributed by atoms with Crippen LogP contribution in [0.2, 0.25) is 0 Å². The zero-order valence-corrected chi connectivity index (χ0v) is 10.6. The highest BCUT2D eigenvalue weighted by molar-refractivity contribution is 7.09. The molecule has 2 heterocycles. The third-order valence-electron chi connectivity index (χ3n) is 2.70. The van der Waals surface area contributed by atoms with E-state index in [0.29, 0.717) is 11.3 Å². The fourth-order valence-corrected chi connectivity index (χ4v) is 2.53. The SMILES string of the molecule is CCCc1nnsc1-c1nc2ccc(F)cc2[nH]1. The molecular formula is C12H11FN4S. The lowest BCUT2D eigenvalue weighted by Crippen LogP contribution is -1.88. The van der Waals surface area contributed by atoms with Gasteiger partial charge in [0.15, 0.2) is 5.82 Å². The second-order valence-corrected chi connectivity index (χ2v) is 4.80. The largest absolute Gasteiger partial charge is 0.337 e. The monoisotopic (exact) mass is 262 g/mol. The number of aryl methyl sites for hydroxylation is 1. The lowest BCUT2D eigenvalue weighted by Gasteiger charge is -1.94. The van der Waals surface area contributed by atoms with Crippen LogP contribution < -0.4 is 0 Å². The second-order valence-electron chi connectivity index (χ2n) is 4.05. The van der Waals surface area contributed by atoms with Gasteiger partial charge in [0.2, 0.25) is 0 Å². The summed E-state index contributed by atoms with van der Waals surface area (Å²) in [5, 5.41) is 4.10. The fraction of sp³-hybridized carbons (Fsp3) is 0.250. The van der Waals surface area contributed by atoms with Gasteiger partial charge in [0.1, 0.15) is 10.7 Å². The van der Waals surface area contributed by atoms with Gasteiger partial charge in [-0.25, -0.2) is 9.37 Å². The number of H-pyrrole nitrogens is 1. The minimum atomic E-state index is -0.270. The summed E-state index contributed by atoms with van der Waals surface area (Å²) < 4.78 is 17.1. The molecule has 3 aromatic rings. The van der Waals surface area contributed by atoms with Crippen LogP contribution in [0.1, 0.15) is 19.0 Å². The van der Waals surface area contributed by atoms with Crippen LogP contribution in [0.4, 0.5) is 4.39 Å². The van der Waals surface area contributed by atoms with Crippen molar-refractivity contribution >= 4 is 22.6 Å². The summed E-state index contributed by atoms with van der Waals surface area (Å²) in [6.07, 6.45) is 1.88. The van der Waals surface area contributed by atoms with Crippen LogP contribution in [0.3, 0.4) is 0 Å². The topological polar surface area (TPSA) is 54.5 Å². The summed E-state index contributed by atoms with van der Waals surface area (Å²) in [7, 11) is 0. The van der Waals surface area contributed by atoms with Crippen molar-refractivity contribution in [3.05, 3.63) is 29.7 Å². The second kappa shape index (κ2) is 4.45. The van der Waals surface area contributed by atoms with E-state index in [4.69, 9.17) is 0 Å². The van der Waals surface area contributed by atoms with Crippen molar-refractivity contribution in [2.45, 2.75) is 19.8 Å². The van der Waals surface area contributed by atoms with Gasteiger partial charge in [0, 0.05) is 0 Å². The first-order valence-corrected chi connectivity index (χ1v) is 6.52. The molecule has 0 unspecified atom stereocenters. The molecule has 0 aliphatic rings. The highest BCUT2D eigenvalue weighted by Crippen LogP contribution is 2.26. The van der Waals surface area contributed by atoms with Gasteiger partial charge in [0.05, 0.1) is 16.7 Å². The number of hydrogen-bond acceptors (Lipinski definition) is 4. The average Bonchev–Trinajstić information content (AvgIpc) is 2.94. The van der Waals surface area contributed by atoms with Crippen molar-refractivity contribution < 1.29 is 4.39 Å². The first-order chi connectivity index (χ1) is 8.78. The molecule has 0 aliphatic heterocycles. The molecule has 0 saturated heterocycles. The minimum Gasteiger partial charge on any atom is -0.337 e. The number of aromatic amines is 1. The van der Waals surface area contributed by atoms with Crippen LogP contribution in [0.25, 0.3) is 21.7 Å². The highest BCUT2D eigenvalue weighted by atomic mass is 32.1. The number of imidazole rings is 1. The smallest absolute Gasteiger partial charge is 0.152 e. The summed E-state index contributed by atoms with van der Waals surface area (Å²) >= 11 is 1.31. The van der Waals surface area contributed by atoms with Crippen LogP contribution in [0.15, 0.2) is 18.2 Å². The molecule has 0 radical (unpaired) electrons. The Morgan fingerprint density at radius 1 is 1.39 bits per heavy atom. The number of nitrogens with zero attached hydrogens (tertiary/aromatic N) is 3. The van der Waals surface area contributed by atoms with Crippen molar-refractivity contribution in [2.75, 3.05) is 0 Å². The van der Waals surface area contributed by atoms with Crippen molar-refractivity contribution in [1.29, 1.82) is 0 Å². The Morgan fingerprint density at radius 3 is 3.11 bits per heavy atom. The standard InChI is InChI=1S/C12H11FN4S/c1-2-3-9-11(18-17-16-9)12-14-8-5-4-7(13)6-10(8)15-12/h4-6H,2-3H2,1H3,(H,14,15). The summed E-state index contributed by atoms with van der Waals surface area (Å²) in [6, 6.07) is 4.52. The molecule has 2 aromatic heterocycles. The minimum absolute atomic E-state index is 0.270. The number of hydrogen-bond donors (Lipinski definition) is 1. The lowest BCUT2D eigenvalue weighted by molar-refractivity contribution is 0.629. The number of nitrogens with one attached hydrogen (secondary N) is 1. The van der Waals surface area contributed by atoms with Crippen molar-refractivity contribution in [1.82, 2.24) is 19.6 Å². The fourth-order valence-electron chi connectivity index (χ4n) is 1.88. The van der Waals surface area contributed by atoms with Gasteiger partial charge in [-0.2, -0.15) is 0 Å². The third kappa shape index (κ3) is 1.88. The Labute approximate surface area is 107 Å². The number of halogens is 1. The van der Waals surface area contributed by atoms with Crippen LogP contribution >= 0.6 is 11.5 Å². The van der Waals surface area contributed by atoms with Gasteiger partial charge in [-0.05, 0) is 36.2 Å². The molecule has 4 nitrogen and oxygen atoms in total. The molecule has 0 saturated carbocycles. The van der Waals surface area contributed by atoms with E-state index in [1.54, 1.807) is 6.07 Å². The maximum Gasteiger partial charge on any atom is 0.152 e. The van der Waals surface area contributed by atoms with E-state index in [0.717, 1.165) is 28.9 Å². The van der Waals surface area contributed by atoms with E-state index >= 15 is 0 Å². The highest BCUT2D eigenvalue weighted by Gasteiger charge is 2.13. The van der Waals surface area contributed by atoms with Gasteiger partial charge in [-0.1, -0.05) is 17.8 Å². The van der Waals surface area contributed by atoms with Gasteiger partial charge in [0.25, 0.3) is 0 Å². The number of rotatable bonds is 3. The Hall–Kier alpha value is -1.82. The summed E-state index contributed by atoms with van der Waals surface area (Å²) in [5.74, 6) is 0.447. The van der Waals surface area contributed by atoms with Crippen molar-refractivity contribution in [3.8, 4) is 10.7 Å². The molecule has 18 heavy (non-hydrogen) atoms. The van der Waals surface area contributed by atoms with Gasteiger partial charge >= 0.3 is 0 Å². The van der Waals surface area contributed by atoms with Crippen LogP contribution in [0, 0.1) is 5.82 Å². The number of benzene rings is 1. The predicted octanol–water partition coefficient (Wildman–Crippen LogP) is 3.17. The van der Waals surface area contributed by atoms with Gasteiger partial charge < -0.3 is 4.98 Å². The first kappa shape index (κ1) is 11.3. The summed E-state index contributed by atoms with van der Waals surface area (Å²) in [6.45, 7) is 2.09. The molecule has 0 fully saturated rings. The Morgan fingerprint density at radius 2 is 2.28 bits per heavy atom. The summed E-state index contributed by atoms with van der Waals surface area (Å²) in [4.78, 5) is 8.50. The molecule has 0 atom stereocenters. The molecule has 6 heteroatoms. The molecule has 0 spiro atoms. The molecule has 1 aromatic carbocycles. The van der Waals surface area contributed by atoms with Gasteiger partial charge in [-0.3, -0.25) is 0 Å². The van der Waals surface area contributed by atoms with E-state index in [-0.39, 0.29) is 5.82 Å². The maximum absolute atomic E-state index is 13.1. The van der Waals surface area contributed by atoms with Gasteiger partial charge in [-0.15, -0.1) is 5.10 Å². The normalized spacial score (nSPS) is 11.2. The zero-order valence-electron chi connectivity index (χ0n) is 9.77. The van der Waals surface area contributed by atoms with Crippen molar-refractivity contribution in [3.63, 3.8) is 0 Å². The maximum atomic E-state index is 13.1. The van der Waals surface area contributed by atoms with E-state index in [1.165, 1.54) is 23.7 Å². The zero-order chi connectivity index (χ0) is 12.5. The molecular weight excluding hydrogens is 251 g/mol. The van der Waals surface area contributed by atoms with E-state index in [2.05, 4.69) is 26.5 Å². The molecule has 3 rings (SSSR count). The number of fused-ring (bicyclic) bond motifs is 1. The third-order valence-corrected chi connectivity index (χ3v) is 3.48. The predicted molar refractivity (Wildman–Crippen MR) is 68.9 cm³/mol. The Bertz CT molecular complexity index is 688. The average molecular weight is 262 g/mol. The molecule has 92 valence electrons. The molecule has 0 amide bonds. The van der Waals surface area contributed by atoms with Crippen LogP contribution in [-0.2, 0) is 6.42 Å². The molecule has 1 N–H and O–H groups in total. The Balaban J connectivity index is 2.10. The van der Waals surface area contributed by atoms with E-state index in [9.17, 15) is 4.39 Å². The quantitative estimate of drug-likeness (QED) is 0.788. The van der Waals surface area contributed by atoms with E-state index < -0.39 is 0 Å². The van der Waals surface area contributed by atoms with Crippen LogP contribution in [-0.4, -0.2) is 19.6 Å². The summed E-state index contributed by atoms with van der Waals surface area (Å²) in [5.41, 5.74) is 2.39.